The van der Waals surface area contributed by atoms with Crippen LogP contribution >= 0.6 is 11.8 Å². The highest BCUT2D eigenvalue weighted by atomic mass is 32.2. The average molecular weight is 366 g/mol. The molecule has 0 unspecified atom stereocenters. The Bertz CT molecular complexity index is 846. The highest BCUT2D eigenvalue weighted by molar-refractivity contribution is 7.99. The van der Waals surface area contributed by atoms with E-state index < -0.39 is 0 Å². The molecule has 5 nitrogen and oxygen atoms in total. The van der Waals surface area contributed by atoms with Crippen molar-refractivity contribution in [2.45, 2.75) is 31.5 Å². The van der Waals surface area contributed by atoms with Gasteiger partial charge in [-0.25, -0.2) is 0 Å². The summed E-state index contributed by atoms with van der Waals surface area (Å²) in [5.41, 5.74) is 3.38. The Hall–Kier alpha value is -2.60. The van der Waals surface area contributed by atoms with Crippen molar-refractivity contribution in [1.82, 2.24) is 20.1 Å². The van der Waals surface area contributed by atoms with Gasteiger partial charge >= 0.3 is 0 Å². The predicted molar refractivity (Wildman–Crippen MR) is 104 cm³/mol. The number of aromatic nitrogens is 3. The monoisotopic (exact) mass is 366 g/mol. The molecule has 26 heavy (non-hydrogen) atoms. The van der Waals surface area contributed by atoms with Crippen molar-refractivity contribution in [3.8, 4) is 5.69 Å². The fourth-order valence-corrected chi connectivity index (χ4v) is 3.37. The van der Waals surface area contributed by atoms with E-state index in [1.165, 1.54) is 17.3 Å². The van der Waals surface area contributed by atoms with E-state index in [-0.39, 0.29) is 11.9 Å². The van der Waals surface area contributed by atoms with Crippen LogP contribution in [0.25, 0.3) is 5.69 Å². The second-order valence-electron chi connectivity index (χ2n) is 5.99. The van der Waals surface area contributed by atoms with Gasteiger partial charge in [0.2, 0.25) is 5.91 Å². The first-order chi connectivity index (χ1) is 12.7. The highest BCUT2D eigenvalue weighted by Gasteiger charge is 2.13. The molecule has 134 valence electrons. The number of carbonyl (C=O) groups is 1. The van der Waals surface area contributed by atoms with Crippen LogP contribution in [0.3, 0.4) is 0 Å². The third-order valence-electron chi connectivity index (χ3n) is 4.15. The topological polar surface area (TPSA) is 59.8 Å². The van der Waals surface area contributed by atoms with Crippen LogP contribution < -0.4 is 5.32 Å². The maximum Gasteiger partial charge on any atom is 0.230 e. The lowest BCUT2D eigenvalue weighted by atomic mass is 10.1. The summed E-state index contributed by atoms with van der Waals surface area (Å²) in [7, 11) is 0. The predicted octanol–water partition coefficient (Wildman–Crippen LogP) is 3.80. The lowest BCUT2D eigenvalue weighted by molar-refractivity contribution is -0.119. The number of nitrogens with one attached hydrogen (secondary N) is 1. The Morgan fingerprint density at radius 3 is 2.58 bits per heavy atom. The first-order valence-corrected chi connectivity index (χ1v) is 9.62. The third-order valence-corrected chi connectivity index (χ3v) is 5.09. The van der Waals surface area contributed by atoms with Crippen molar-refractivity contribution in [3.05, 3.63) is 72.1 Å². The number of benzene rings is 2. The molecule has 6 heteroatoms. The van der Waals surface area contributed by atoms with E-state index in [9.17, 15) is 4.79 Å². The van der Waals surface area contributed by atoms with Gasteiger partial charge in [-0.3, -0.25) is 9.36 Å². The molecule has 0 radical (unpaired) electrons. The zero-order valence-corrected chi connectivity index (χ0v) is 15.7. The van der Waals surface area contributed by atoms with Crippen LogP contribution in [0, 0.1) is 0 Å². The quantitative estimate of drug-likeness (QED) is 0.646. The standard InChI is InChI=1S/C20H22N4OS/c1-3-16-9-11-17(12-10-16)15(2)22-19(25)13-26-20-23-21-14-24(20)18-7-5-4-6-8-18/h4-12,14-15H,3,13H2,1-2H3,(H,22,25)/t15-/m1/s1. The molecule has 1 atom stereocenters. The average Bonchev–Trinajstić information content (AvgIpc) is 3.16. The van der Waals surface area contributed by atoms with Crippen LogP contribution in [0.5, 0.6) is 0 Å². The summed E-state index contributed by atoms with van der Waals surface area (Å²) in [6.07, 6.45) is 2.67. The fraction of sp³-hybridized carbons (Fsp3) is 0.250. The Labute approximate surface area is 157 Å². The lowest BCUT2D eigenvalue weighted by Gasteiger charge is -2.14. The number of hydrogen-bond donors (Lipinski definition) is 1. The summed E-state index contributed by atoms with van der Waals surface area (Å²) in [5.74, 6) is 0.271. The van der Waals surface area contributed by atoms with Crippen molar-refractivity contribution >= 4 is 17.7 Å². The molecule has 0 spiro atoms. The van der Waals surface area contributed by atoms with Gasteiger partial charge in [0.1, 0.15) is 6.33 Å². The second-order valence-corrected chi connectivity index (χ2v) is 6.93. The van der Waals surface area contributed by atoms with Gasteiger partial charge in [-0.05, 0) is 36.6 Å². The highest BCUT2D eigenvalue weighted by Crippen LogP contribution is 2.20. The number of carbonyl (C=O) groups excluding carboxylic acids is 1. The van der Waals surface area contributed by atoms with E-state index >= 15 is 0 Å². The number of amides is 1. The van der Waals surface area contributed by atoms with Gasteiger partial charge in [0, 0.05) is 5.69 Å². The van der Waals surface area contributed by atoms with Crippen LogP contribution in [0.1, 0.15) is 31.0 Å². The molecule has 0 fully saturated rings. The van der Waals surface area contributed by atoms with Crippen LogP contribution in [0.2, 0.25) is 0 Å². The SMILES string of the molecule is CCc1ccc([C@@H](C)NC(=O)CSc2nncn2-c2ccccc2)cc1. The van der Waals surface area contributed by atoms with E-state index in [4.69, 9.17) is 0 Å². The van der Waals surface area contributed by atoms with Crippen LogP contribution in [0.15, 0.2) is 66.1 Å². The molecule has 1 amide bonds. The molecule has 0 saturated heterocycles. The van der Waals surface area contributed by atoms with Gasteiger partial charge in [0.05, 0.1) is 11.8 Å². The number of nitrogens with zero attached hydrogens (tertiary/aromatic N) is 3. The van der Waals surface area contributed by atoms with Crippen molar-refractivity contribution in [2.75, 3.05) is 5.75 Å². The lowest BCUT2D eigenvalue weighted by Crippen LogP contribution is -2.28. The van der Waals surface area contributed by atoms with Gasteiger partial charge in [0.25, 0.3) is 0 Å². The first-order valence-electron chi connectivity index (χ1n) is 8.64. The molecular formula is C20H22N4OS. The molecule has 1 N–H and O–H groups in total. The smallest absolute Gasteiger partial charge is 0.230 e. The first kappa shape index (κ1) is 18.2. The Morgan fingerprint density at radius 1 is 1.15 bits per heavy atom. The zero-order valence-electron chi connectivity index (χ0n) is 14.9. The minimum Gasteiger partial charge on any atom is -0.349 e. The third kappa shape index (κ3) is 4.52. The van der Waals surface area contributed by atoms with Crippen LogP contribution in [-0.4, -0.2) is 26.4 Å². The van der Waals surface area contributed by atoms with Gasteiger partial charge in [0.15, 0.2) is 5.16 Å². The van der Waals surface area contributed by atoms with E-state index in [1.54, 1.807) is 6.33 Å². The molecule has 0 saturated carbocycles. The minimum atomic E-state index is -0.0269. The summed E-state index contributed by atoms with van der Waals surface area (Å²) in [5, 5.41) is 11.8. The van der Waals surface area contributed by atoms with Crippen molar-refractivity contribution in [3.63, 3.8) is 0 Å². The van der Waals surface area contributed by atoms with Crippen LogP contribution in [-0.2, 0) is 11.2 Å². The fourth-order valence-electron chi connectivity index (χ4n) is 2.63. The van der Waals surface area contributed by atoms with Crippen molar-refractivity contribution in [2.24, 2.45) is 0 Å². The van der Waals surface area contributed by atoms with E-state index in [0.717, 1.165) is 17.7 Å². The van der Waals surface area contributed by atoms with Gasteiger partial charge in [-0.15, -0.1) is 10.2 Å². The Morgan fingerprint density at radius 2 is 1.88 bits per heavy atom. The maximum atomic E-state index is 12.3. The molecule has 3 aromatic rings. The molecule has 0 aliphatic heterocycles. The number of thioether (sulfide) groups is 1. The molecule has 3 rings (SSSR count). The van der Waals surface area contributed by atoms with Crippen molar-refractivity contribution in [1.29, 1.82) is 0 Å². The summed E-state index contributed by atoms with van der Waals surface area (Å²) < 4.78 is 1.88. The van der Waals surface area contributed by atoms with Gasteiger partial charge < -0.3 is 5.32 Å². The maximum absolute atomic E-state index is 12.3. The van der Waals surface area contributed by atoms with E-state index in [0.29, 0.717) is 10.9 Å². The second kappa shape index (κ2) is 8.67. The molecule has 0 bridgehead atoms. The van der Waals surface area contributed by atoms with Crippen molar-refractivity contribution < 1.29 is 4.79 Å². The summed E-state index contributed by atoms with van der Waals surface area (Å²) in [6, 6.07) is 18.2. The van der Waals surface area contributed by atoms with Gasteiger partial charge in [-0.1, -0.05) is 61.2 Å². The summed E-state index contributed by atoms with van der Waals surface area (Å²) >= 11 is 1.38. The van der Waals surface area contributed by atoms with E-state index in [1.807, 2.05) is 41.8 Å². The number of rotatable bonds is 7. The number of hydrogen-bond acceptors (Lipinski definition) is 4. The molecule has 0 aliphatic rings. The molecule has 2 aromatic carbocycles. The summed E-state index contributed by atoms with van der Waals surface area (Å²) in [4.78, 5) is 12.3. The summed E-state index contributed by atoms with van der Waals surface area (Å²) in [6.45, 7) is 4.13. The largest absolute Gasteiger partial charge is 0.349 e. The zero-order chi connectivity index (χ0) is 18.4. The van der Waals surface area contributed by atoms with Crippen LogP contribution in [0.4, 0.5) is 0 Å². The number of aryl methyl sites for hydroxylation is 1. The molecule has 1 aromatic heterocycles. The normalized spacial score (nSPS) is 11.9. The molecule has 0 aliphatic carbocycles. The minimum absolute atomic E-state index is 0.0234. The van der Waals surface area contributed by atoms with Gasteiger partial charge in [-0.2, -0.15) is 0 Å². The van der Waals surface area contributed by atoms with E-state index in [2.05, 4.69) is 46.7 Å². The molecule has 1 heterocycles. The Balaban J connectivity index is 1.57. The number of para-hydroxylation sites is 1. The molecular weight excluding hydrogens is 344 g/mol. The Kier molecular flexibility index (Phi) is 6.07.